The van der Waals surface area contributed by atoms with Crippen molar-refractivity contribution in [3.8, 4) is 0 Å². The summed E-state index contributed by atoms with van der Waals surface area (Å²) in [4.78, 5) is 25.5. The Kier molecular flexibility index (Phi) is 5.34. The molecule has 0 saturated carbocycles. The Morgan fingerprint density at radius 2 is 2.00 bits per heavy atom. The van der Waals surface area contributed by atoms with Crippen molar-refractivity contribution in [3.05, 3.63) is 15.9 Å². The van der Waals surface area contributed by atoms with E-state index in [1.807, 2.05) is 26.0 Å². The summed E-state index contributed by atoms with van der Waals surface area (Å²) in [6, 6.07) is 3.70. The molecule has 18 heavy (non-hydrogen) atoms. The third-order valence-corrected chi connectivity index (χ3v) is 4.31. The molecule has 1 heterocycles. The van der Waals surface area contributed by atoms with Gasteiger partial charge in [-0.25, -0.2) is 0 Å². The Labute approximate surface area is 119 Å². The molecule has 100 valence electrons. The highest BCUT2D eigenvalue weighted by atomic mass is 79.9. The highest BCUT2D eigenvalue weighted by Crippen LogP contribution is 2.30. The van der Waals surface area contributed by atoms with Gasteiger partial charge in [0.2, 0.25) is 5.91 Å². The van der Waals surface area contributed by atoms with E-state index < -0.39 is 11.9 Å². The lowest BCUT2D eigenvalue weighted by Crippen LogP contribution is -2.40. The van der Waals surface area contributed by atoms with E-state index in [0.717, 1.165) is 8.79 Å². The van der Waals surface area contributed by atoms with E-state index in [-0.39, 0.29) is 11.8 Å². The summed E-state index contributed by atoms with van der Waals surface area (Å²) >= 11 is 4.79. The SMILES string of the molecule is COC(=O)C(C(=O)N(C)c1ccc(Br)s1)C(C)C. The number of anilines is 1. The average Bonchev–Trinajstić information content (AvgIpc) is 2.74. The molecule has 1 aromatic rings. The zero-order chi connectivity index (χ0) is 13.9. The highest BCUT2D eigenvalue weighted by Gasteiger charge is 2.33. The molecule has 0 bridgehead atoms. The van der Waals surface area contributed by atoms with Crippen molar-refractivity contribution in [2.75, 3.05) is 19.1 Å². The fraction of sp³-hybridized carbons (Fsp3) is 0.500. The van der Waals surface area contributed by atoms with Crippen LogP contribution in [0.4, 0.5) is 5.00 Å². The zero-order valence-corrected chi connectivity index (χ0v) is 13.2. The van der Waals surface area contributed by atoms with Crippen molar-refractivity contribution in [2.45, 2.75) is 13.8 Å². The predicted molar refractivity (Wildman–Crippen MR) is 75.8 cm³/mol. The molecule has 1 amide bonds. The lowest BCUT2D eigenvalue weighted by atomic mass is 9.94. The molecule has 1 rings (SSSR count). The topological polar surface area (TPSA) is 46.6 Å². The second-order valence-corrected chi connectivity index (χ2v) is 6.66. The molecule has 0 aliphatic heterocycles. The number of ether oxygens (including phenoxy) is 1. The number of esters is 1. The molecule has 0 saturated heterocycles. The van der Waals surface area contributed by atoms with Gasteiger partial charge in [-0.2, -0.15) is 0 Å². The Morgan fingerprint density at radius 3 is 2.39 bits per heavy atom. The molecule has 0 spiro atoms. The molecular weight excluding hydrogens is 318 g/mol. The van der Waals surface area contributed by atoms with Gasteiger partial charge >= 0.3 is 5.97 Å². The summed E-state index contributed by atoms with van der Waals surface area (Å²) < 4.78 is 5.63. The number of hydrogen-bond acceptors (Lipinski definition) is 4. The Bertz CT molecular complexity index is 444. The molecule has 0 aliphatic rings. The van der Waals surface area contributed by atoms with Gasteiger partial charge in [0.1, 0.15) is 5.92 Å². The van der Waals surface area contributed by atoms with E-state index >= 15 is 0 Å². The maximum Gasteiger partial charge on any atom is 0.318 e. The van der Waals surface area contributed by atoms with Gasteiger partial charge < -0.3 is 9.64 Å². The van der Waals surface area contributed by atoms with E-state index in [0.29, 0.717) is 0 Å². The first kappa shape index (κ1) is 15.2. The first-order valence-corrected chi connectivity index (χ1v) is 7.10. The third-order valence-electron chi connectivity index (χ3n) is 2.61. The quantitative estimate of drug-likeness (QED) is 0.628. The Hall–Kier alpha value is -0.880. The van der Waals surface area contributed by atoms with Gasteiger partial charge in [-0.15, -0.1) is 11.3 Å². The van der Waals surface area contributed by atoms with Crippen molar-refractivity contribution < 1.29 is 14.3 Å². The summed E-state index contributed by atoms with van der Waals surface area (Å²) in [5.74, 6) is -1.60. The second-order valence-electron chi connectivity index (χ2n) is 4.22. The minimum atomic E-state index is -0.763. The molecule has 6 heteroatoms. The Balaban J connectivity index is 2.93. The summed E-state index contributed by atoms with van der Waals surface area (Å²) in [6.45, 7) is 3.66. The third kappa shape index (κ3) is 3.32. The van der Waals surface area contributed by atoms with Gasteiger partial charge in [0.25, 0.3) is 0 Å². The standard InChI is InChI=1S/C12H16BrNO3S/c1-7(2)10(12(16)17-4)11(15)14(3)9-6-5-8(13)18-9/h5-7,10H,1-4H3. The average molecular weight is 334 g/mol. The minimum absolute atomic E-state index is 0.101. The van der Waals surface area contributed by atoms with Crippen LogP contribution in [0.2, 0.25) is 0 Å². The van der Waals surface area contributed by atoms with E-state index in [1.165, 1.54) is 23.3 Å². The summed E-state index contributed by atoms with van der Waals surface area (Å²) in [5, 5.41) is 0.793. The van der Waals surface area contributed by atoms with Crippen molar-refractivity contribution in [3.63, 3.8) is 0 Å². The first-order valence-electron chi connectivity index (χ1n) is 5.49. The molecule has 1 atom stereocenters. The number of rotatable bonds is 4. The number of hydrogen-bond donors (Lipinski definition) is 0. The number of carbonyl (C=O) groups excluding carboxylic acids is 2. The monoisotopic (exact) mass is 333 g/mol. The molecule has 0 aromatic carbocycles. The molecule has 1 unspecified atom stereocenters. The highest BCUT2D eigenvalue weighted by molar-refractivity contribution is 9.11. The van der Waals surface area contributed by atoms with E-state index in [2.05, 4.69) is 15.9 Å². The fourth-order valence-corrected chi connectivity index (χ4v) is 2.92. The number of methoxy groups -OCH3 is 1. The van der Waals surface area contributed by atoms with Gasteiger partial charge in [-0.05, 0) is 34.0 Å². The molecular formula is C12H16BrNO3S. The zero-order valence-electron chi connectivity index (χ0n) is 10.8. The predicted octanol–water partition coefficient (Wildman–Crippen LogP) is 2.92. The summed E-state index contributed by atoms with van der Waals surface area (Å²) in [6.07, 6.45) is 0. The maximum absolute atomic E-state index is 12.3. The lowest BCUT2D eigenvalue weighted by Gasteiger charge is -2.23. The van der Waals surface area contributed by atoms with Crippen LogP contribution in [0.5, 0.6) is 0 Å². The fourth-order valence-electron chi connectivity index (χ4n) is 1.59. The first-order chi connectivity index (χ1) is 8.38. The van der Waals surface area contributed by atoms with Crippen LogP contribution < -0.4 is 4.90 Å². The van der Waals surface area contributed by atoms with Gasteiger partial charge in [-0.1, -0.05) is 13.8 Å². The van der Waals surface area contributed by atoms with Crippen molar-refractivity contribution in [2.24, 2.45) is 11.8 Å². The van der Waals surface area contributed by atoms with Crippen molar-refractivity contribution in [1.29, 1.82) is 0 Å². The summed E-state index contributed by atoms with van der Waals surface area (Å²) in [5.41, 5.74) is 0. The van der Waals surface area contributed by atoms with E-state index in [4.69, 9.17) is 4.74 Å². The smallest absolute Gasteiger partial charge is 0.318 e. The number of thiophene rings is 1. The van der Waals surface area contributed by atoms with Crippen LogP contribution in [0.3, 0.4) is 0 Å². The number of carbonyl (C=O) groups is 2. The van der Waals surface area contributed by atoms with Gasteiger partial charge in [-0.3, -0.25) is 9.59 Å². The molecule has 0 fully saturated rings. The molecule has 1 aromatic heterocycles. The van der Waals surface area contributed by atoms with Crippen LogP contribution in [0.1, 0.15) is 13.8 Å². The van der Waals surface area contributed by atoms with E-state index in [9.17, 15) is 9.59 Å². The van der Waals surface area contributed by atoms with Gasteiger partial charge in [0.05, 0.1) is 15.9 Å². The number of nitrogens with zero attached hydrogens (tertiary/aromatic N) is 1. The Morgan fingerprint density at radius 1 is 1.39 bits per heavy atom. The van der Waals surface area contributed by atoms with Crippen molar-refractivity contribution in [1.82, 2.24) is 0 Å². The molecule has 0 aliphatic carbocycles. The molecule has 0 N–H and O–H groups in total. The van der Waals surface area contributed by atoms with Crippen LogP contribution in [0, 0.1) is 11.8 Å². The van der Waals surface area contributed by atoms with Crippen LogP contribution in [0.25, 0.3) is 0 Å². The number of halogens is 1. The van der Waals surface area contributed by atoms with Crippen molar-refractivity contribution >= 4 is 44.1 Å². The van der Waals surface area contributed by atoms with Crippen LogP contribution >= 0.6 is 27.3 Å². The van der Waals surface area contributed by atoms with E-state index in [1.54, 1.807) is 7.05 Å². The largest absolute Gasteiger partial charge is 0.468 e. The normalized spacial score (nSPS) is 12.3. The second kappa shape index (κ2) is 6.33. The number of amides is 1. The maximum atomic E-state index is 12.3. The lowest BCUT2D eigenvalue weighted by molar-refractivity contribution is -0.151. The van der Waals surface area contributed by atoms with Crippen LogP contribution in [0.15, 0.2) is 15.9 Å². The minimum Gasteiger partial charge on any atom is -0.468 e. The molecule has 0 radical (unpaired) electrons. The van der Waals surface area contributed by atoms with Crippen LogP contribution in [-0.4, -0.2) is 26.0 Å². The van der Waals surface area contributed by atoms with Gasteiger partial charge in [0.15, 0.2) is 0 Å². The summed E-state index contributed by atoms with van der Waals surface area (Å²) in [7, 11) is 2.96. The molecule has 4 nitrogen and oxygen atoms in total. The van der Waals surface area contributed by atoms with Crippen LogP contribution in [-0.2, 0) is 14.3 Å². The van der Waals surface area contributed by atoms with Gasteiger partial charge in [0, 0.05) is 7.05 Å².